The highest BCUT2D eigenvalue weighted by Gasteiger charge is 2.21. The van der Waals surface area contributed by atoms with E-state index in [0.29, 0.717) is 6.04 Å². The molecule has 0 N–H and O–H groups in total. The van der Waals surface area contributed by atoms with E-state index in [2.05, 4.69) is 38.3 Å². The number of nitrogens with zero attached hydrogens (tertiary/aromatic N) is 1. The van der Waals surface area contributed by atoms with Gasteiger partial charge >= 0.3 is 0 Å². The van der Waals surface area contributed by atoms with Gasteiger partial charge in [0, 0.05) is 17.4 Å². The number of hydrogen-bond acceptors (Lipinski definition) is 0. The first-order chi connectivity index (χ1) is 6.59. The van der Waals surface area contributed by atoms with Gasteiger partial charge in [-0.1, -0.05) is 6.92 Å². The summed E-state index contributed by atoms with van der Waals surface area (Å²) in [6.07, 6.45) is 3.94. The molecule has 1 aliphatic rings. The van der Waals surface area contributed by atoms with Crippen LogP contribution in [-0.2, 0) is 12.8 Å². The zero-order valence-corrected chi connectivity index (χ0v) is 9.80. The van der Waals surface area contributed by atoms with Crippen LogP contribution in [0.25, 0.3) is 0 Å². The first-order valence-corrected chi connectivity index (χ1v) is 5.79. The van der Waals surface area contributed by atoms with Crippen LogP contribution in [0.3, 0.4) is 0 Å². The first kappa shape index (κ1) is 9.82. The molecule has 0 radical (unpaired) electrons. The summed E-state index contributed by atoms with van der Waals surface area (Å²) in [4.78, 5) is 0. The lowest BCUT2D eigenvalue weighted by molar-refractivity contribution is 0.460. The highest BCUT2D eigenvalue weighted by Crippen LogP contribution is 2.30. The van der Waals surface area contributed by atoms with Crippen LogP contribution in [0.15, 0.2) is 6.07 Å². The zero-order chi connectivity index (χ0) is 10.3. The summed E-state index contributed by atoms with van der Waals surface area (Å²) in [6.45, 7) is 9.18. The summed E-state index contributed by atoms with van der Waals surface area (Å²) in [5.74, 6) is 0.870. The maximum absolute atomic E-state index is 2.52. The summed E-state index contributed by atoms with van der Waals surface area (Å²) in [7, 11) is 0. The van der Waals surface area contributed by atoms with Crippen molar-refractivity contribution in [1.29, 1.82) is 0 Å². The molecule has 14 heavy (non-hydrogen) atoms. The molecule has 1 aliphatic carbocycles. The lowest BCUT2D eigenvalue weighted by Gasteiger charge is -2.23. The molecule has 0 saturated carbocycles. The Bertz CT molecular complexity index is 333. The molecule has 1 aromatic rings. The van der Waals surface area contributed by atoms with Crippen LogP contribution in [0.2, 0.25) is 0 Å². The number of rotatable bonds is 1. The molecule has 2 rings (SSSR count). The van der Waals surface area contributed by atoms with Gasteiger partial charge in [0.15, 0.2) is 0 Å². The minimum atomic E-state index is 0.615. The van der Waals surface area contributed by atoms with E-state index >= 15 is 0 Å². The third-order valence-electron chi connectivity index (χ3n) is 3.39. The van der Waals surface area contributed by atoms with Crippen LogP contribution in [0, 0.1) is 12.8 Å². The molecule has 1 aromatic heterocycles. The number of aromatic nitrogens is 1. The largest absolute Gasteiger partial charge is 0.346 e. The van der Waals surface area contributed by atoms with Crippen molar-refractivity contribution in [3.63, 3.8) is 0 Å². The number of hydrogen-bond donors (Lipinski definition) is 0. The van der Waals surface area contributed by atoms with Crippen molar-refractivity contribution in [3.05, 3.63) is 23.0 Å². The topological polar surface area (TPSA) is 4.93 Å². The van der Waals surface area contributed by atoms with Gasteiger partial charge < -0.3 is 4.57 Å². The predicted octanol–water partition coefficient (Wildman–Crippen LogP) is 3.50. The maximum atomic E-state index is 2.52. The van der Waals surface area contributed by atoms with E-state index in [4.69, 9.17) is 0 Å². The second-order valence-electron chi connectivity index (χ2n) is 5.07. The molecular weight excluding hydrogens is 170 g/mol. The standard InChI is InChI=1S/C13H21N/c1-9(2)14-11(4)8-12-6-5-10(3)7-13(12)14/h8-10H,5-7H2,1-4H3. The molecule has 0 saturated heterocycles. The molecule has 1 heteroatoms. The summed E-state index contributed by atoms with van der Waals surface area (Å²) >= 11 is 0. The van der Waals surface area contributed by atoms with Gasteiger partial charge in [-0.05, 0) is 57.6 Å². The van der Waals surface area contributed by atoms with E-state index in [1.54, 1.807) is 11.3 Å². The first-order valence-electron chi connectivity index (χ1n) is 5.79. The van der Waals surface area contributed by atoms with Crippen molar-refractivity contribution in [2.45, 2.75) is 53.0 Å². The van der Waals surface area contributed by atoms with Gasteiger partial charge in [0.2, 0.25) is 0 Å². The summed E-state index contributed by atoms with van der Waals surface area (Å²) in [5.41, 5.74) is 4.66. The van der Waals surface area contributed by atoms with Gasteiger partial charge in [-0.2, -0.15) is 0 Å². The normalized spacial score (nSPS) is 21.4. The van der Waals surface area contributed by atoms with Crippen LogP contribution >= 0.6 is 0 Å². The molecule has 0 aromatic carbocycles. The highest BCUT2D eigenvalue weighted by molar-refractivity contribution is 5.30. The van der Waals surface area contributed by atoms with Crippen LogP contribution in [0.1, 0.15) is 50.2 Å². The Balaban J connectivity index is 2.45. The van der Waals surface area contributed by atoms with E-state index in [9.17, 15) is 0 Å². The zero-order valence-electron chi connectivity index (χ0n) is 9.80. The number of fused-ring (bicyclic) bond motifs is 1. The van der Waals surface area contributed by atoms with E-state index in [0.717, 1.165) is 5.92 Å². The molecule has 1 heterocycles. The molecule has 1 atom stereocenters. The van der Waals surface area contributed by atoms with E-state index in [1.807, 2.05) is 0 Å². The Labute approximate surface area is 87.1 Å². The van der Waals surface area contributed by atoms with Crippen LogP contribution in [0.5, 0.6) is 0 Å². The van der Waals surface area contributed by atoms with Gasteiger partial charge in [-0.15, -0.1) is 0 Å². The molecule has 1 nitrogen and oxygen atoms in total. The van der Waals surface area contributed by atoms with Crippen molar-refractivity contribution in [3.8, 4) is 0 Å². The highest BCUT2D eigenvalue weighted by atomic mass is 15.0. The fourth-order valence-electron chi connectivity index (χ4n) is 2.77. The van der Waals surface area contributed by atoms with E-state index in [1.165, 1.54) is 25.0 Å². The SMILES string of the molecule is Cc1cc2c(n1C(C)C)CC(C)CC2. The van der Waals surface area contributed by atoms with Crippen LogP contribution < -0.4 is 0 Å². The molecule has 0 bridgehead atoms. The third-order valence-corrected chi connectivity index (χ3v) is 3.39. The molecule has 0 spiro atoms. The maximum Gasteiger partial charge on any atom is 0.0279 e. The second-order valence-corrected chi connectivity index (χ2v) is 5.07. The van der Waals surface area contributed by atoms with Gasteiger partial charge in [0.25, 0.3) is 0 Å². The summed E-state index contributed by atoms with van der Waals surface area (Å²) in [5, 5.41) is 0. The quantitative estimate of drug-likeness (QED) is 0.640. The molecule has 0 aliphatic heterocycles. The van der Waals surface area contributed by atoms with Gasteiger partial charge in [-0.25, -0.2) is 0 Å². The minimum Gasteiger partial charge on any atom is -0.346 e. The lowest BCUT2D eigenvalue weighted by Crippen LogP contribution is -2.16. The Morgan fingerprint density at radius 2 is 2.14 bits per heavy atom. The van der Waals surface area contributed by atoms with E-state index < -0.39 is 0 Å². The summed E-state index contributed by atoms with van der Waals surface area (Å²) < 4.78 is 2.52. The average molecular weight is 191 g/mol. The average Bonchev–Trinajstić information content (AvgIpc) is 2.40. The fourth-order valence-corrected chi connectivity index (χ4v) is 2.77. The lowest BCUT2D eigenvalue weighted by atomic mass is 9.89. The number of aryl methyl sites for hydroxylation is 2. The monoisotopic (exact) mass is 191 g/mol. The minimum absolute atomic E-state index is 0.615. The van der Waals surface area contributed by atoms with Gasteiger partial charge in [0.05, 0.1) is 0 Å². The molecular formula is C13H21N. The smallest absolute Gasteiger partial charge is 0.0279 e. The Morgan fingerprint density at radius 3 is 2.79 bits per heavy atom. The van der Waals surface area contributed by atoms with Crippen molar-refractivity contribution in [2.75, 3.05) is 0 Å². The Kier molecular flexibility index (Phi) is 2.42. The van der Waals surface area contributed by atoms with Crippen LogP contribution in [-0.4, -0.2) is 4.57 Å². The van der Waals surface area contributed by atoms with Gasteiger partial charge in [0.1, 0.15) is 0 Å². The molecule has 1 unspecified atom stereocenters. The van der Waals surface area contributed by atoms with Crippen molar-refractivity contribution in [1.82, 2.24) is 4.57 Å². The van der Waals surface area contributed by atoms with Crippen molar-refractivity contribution < 1.29 is 0 Å². The van der Waals surface area contributed by atoms with Crippen LogP contribution in [0.4, 0.5) is 0 Å². The molecule has 0 fully saturated rings. The van der Waals surface area contributed by atoms with Crippen molar-refractivity contribution in [2.24, 2.45) is 5.92 Å². The Hall–Kier alpha value is -0.720. The molecule has 78 valence electrons. The fraction of sp³-hybridized carbons (Fsp3) is 0.692. The third kappa shape index (κ3) is 1.49. The Morgan fingerprint density at radius 1 is 1.43 bits per heavy atom. The van der Waals surface area contributed by atoms with Crippen molar-refractivity contribution >= 4 is 0 Å². The molecule has 0 amide bonds. The van der Waals surface area contributed by atoms with E-state index in [-0.39, 0.29) is 0 Å². The summed E-state index contributed by atoms with van der Waals surface area (Å²) in [6, 6.07) is 3.00. The predicted molar refractivity (Wildman–Crippen MR) is 60.7 cm³/mol. The van der Waals surface area contributed by atoms with Gasteiger partial charge in [-0.3, -0.25) is 0 Å². The second kappa shape index (κ2) is 3.45.